The summed E-state index contributed by atoms with van der Waals surface area (Å²) in [5, 5.41) is 0. The van der Waals surface area contributed by atoms with Gasteiger partial charge in [-0.3, -0.25) is 9.59 Å². The minimum absolute atomic E-state index is 0.134. The third-order valence-electron chi connectivity index (χ3n) is 2.09. The van der Waals surface area contributed by atoms with Crippen molar-refractivity contribution >= 4 is 12.1 Å². The normalized spacial score (nSPS) is 9.64. The highest BCUT2D eigenvalue weighted by Gasteiger charge is 2.13. The highest BCUT2D eigenvalue weighted by Crippen LogP contribution is 2.25. The largest absolute Gasteiger partial charge is 0.496 e. The molecule has 0 radical (unpaired) electrons. The highest BCUT2D eigenvalue weighted by atomic mass is 16.5. The first-order valence-corrected chi connectivity index (χ1v) is 4.25. The summed E-state index contributed by atoms with van der Waals surface area (Å²) in [4.78, 5) is 22.0. The van der Waals surface area contributed by atoms with Crippen LogP contribution in [0.15, 0.2) is 12.1 Å². The van der Waals surface area contributed by atoms with Crippen molar-refractivity contribution in [3.63, 3.8) is 0 Å². The van der Waals surface area contributed by atoms with Crippen molar-refractivity contribution in [1.29, 1.82) is 0 Å². The molecular weight excluding hydrogens is 180 g/mol. The van der Waals surface area contributed by atoms with E-state index in [4.69, 9.17) is 4.74 Å². The smallest absolute Gasteiger partial charge is 0.160 e. The third-order valence-corrected chi connectivity index (χ3v) is 2.09. The molecule has 0 bridgehead atoms. The fourth-order valence-corrected chi connectivity index (χ4v) is 1.40. The molecule has 1 aromatic carbocycles. The lowest BCUT2D eigenvalue weighted by molar-refractivity contribution is 0.100. The topological polar surface area (TPSA) is 43.4 Å². The fraction of sp³-hybridized carbons (Fsp3) is 0.273. The molecule has 3 nitrogen and oxygen atoms in total. The van der Waals surface area contributed by atoms with E-state index < -0.39 is 0 Å². The van der Waals surface area contributed by atoms with Gasteiger partial charge in [-0.2, -0.15) is 0 Å². The molecule has 0 saturated carbocycles. The summed E-state index contributed by atoms with van der Waals surface area (Å²) in [6, 6.07) is 3.41. The van der Waals surface area contributed by atoms with Crippen molar-refractivity contribution in [2.75, 3.05) is 7.11 Å². The van der Waals surface area contributed by atoms with Crippen molar-refractivity contribution < 1.29 is 14.3 Å². The van der Waals surface area contributed by atoms with Crippen LogP contribution in [0, 0.1) is 6.92 Å². The fourth-order valence-electron chi connectivity index (χ4n) is 1.40. The summed E-state index contributed by atoms with van der Waals surface area (Å²) in [7, 11) is 1.49. The summed E-state index contributed by atoms with van der Waals surface area (Å²) >= 11 is 0. The lowest BCUT2D eigenvalue weighted by atomic mass is 10.0. The molecule has 0 heterocycles. The molecule has 0 N–H and O–H groups in total. The van der Waals surface area contributed by atoms with E-state index in [1.54, 1.807) is 12.1 Å². The summed E-state index contributed by atoms with van der Waals surface area (Å²) in [5.74, 6) is 0.345. The van der Waals surface area contributed by atoms with Gasteiger partial charge in [0.1, 0.15) is 5.75 Å². The van der Waals surface area contributed by atoms with Gasteiger partial charge in [0.05, 0.1) is 12.7 Å². The highest BCUT2D eigenvalue weighted by molar-refractivity contribution is 6.03. The molecular formula is C11H12O3. The van der Waals surface area contributed by atoms with Crippen molar-refractivity contribution in [2.24, 2.45) is 0 Å². The van der Waals surface area contributed by atoms with Gasteiger partial charge in [-0.1, -0.05) is 12.1 Å². The second kappa shape index (κ2) is 4.05. The van der Waals surface area contributed by atoms with Crippen molar-refractivity contribution in [2.45, 2.75) is 13.8 Å². The van der Waals surface area contributed by atoms with Crippen molar-refractivity contribution in [3.8, 4) is 5.75 Å². The van der Waals surface area contributed by atoms with Crippen LogP contribution < -0.4 is 4.74 Å². The van der Waals surface area contributed by atoms with Gasteiger partial charge in [0, 0.05) is 5.56 Å². The Bertz CT molecular complexity index is 380. The number of aryl methyl sites for hydroxylation is 1. The number of hydrogen-bond acceptors (Lipinski definition) is 3. The lowest BCUT2D eigenvalue weighted by Crippen LogP contribution is -2.03. The average Bonchev–Trinajstić information content (AvgIpc) is 2.16. The van der Waals surface area contributed by atoms with Crippen molar-refractivity contribution in [3.05, 3.63) is 28.8 Å². The summed E-state index contributed by atoms with van der Waals surface area (Å²) in [6.07, 6.45) is 0.655. The summed E-state index contributed by atoms with van der Waals surface area (Å²) in [5.41, 5.74) is 1.59. The lowest BCUT2D eigenvalue weighted by Gasteiger charge is -2.09. The van der Waals surface area contributed by atoms with E-state index in [1.807, 2.05) is 6.92 Å². The number of aldehydes is 1. The number of methoxy groups -OCH3 is 1. The van der Waals surface area contributed by atoms with Gasteiger partial charge in [0.15, 0.2) is 12.1 Å². The monoisotopic (exact) mass is 192 g/mol. The van der Waals surface area contributed by atoms with Crippen LogP contribution in [0.3, 0.4) is 0 Å². The van der Waals surface area contributed by atoms with Crippen LogP contribution in [0.2, 0.25) is 0 Å². The standard InChI is InChI=1S/C11H12O3/c1-7-4-5-9(8(2)13)10(6-12)11(7)14-3/h4-6H,1-3H3. The first-order valence-electron chi connectivity index (χ1n) is 4.25. The van der Waals surface area contributed by atoms with Crippen LogP contribution in [0.5, 0.6) is 5.75 Å². The predicted octanol–water partition coefficient (Wildman–Crippen LogP) is 2.02. The van der Waals surface area contributed by atoms with E-state index in [-0.39, 0.29) is 5.78 Å². The van der Waals surface area contributed by atoms with E-state index in [0.717, 1.165) is 5.56 Å². The molecule has 0 spiro atoms. The Labute approximate surface area is 82.7 Å². The molecule has 0 fully saturated rings. The zero-order valence-corrected chi connectivity index (χ0v) is 8.46. The number of ketones is 1. The quantitative estimate of drug-likeness (QED) is 0.543. The molecule has 3 heteroatoms. The van der Waals surface area contributed by atoms with Crippen LogP contribution in [-0.2, 0) is 0 Å². The molecule has 0 unspecified atom stereocenters. The Kier molecular flexibility index (Phi) is 3.02. The molecule has 0 aliphatic heterocycles. The average molecular weight is 192 g/mol. The second-order valence-electron chi connectivity index (χ2n) is 3.05. The van der Waals surface area contributed by atoms with E-state index >= 15 is 0 Å². The SMILES string of the molecule is COc1c(C)ccc(C(C)=O)c1C=O. The number of Topliss-reactive ketones (excluding diaryl/α,β-unsaturated/α-hetero) is 1. The van der Waals surface area contributed by atoms with E-state index in [9.17, 15) is 9.59 Å². The molecule has 1 rings (SSSR count). The Hall–Kier alpha value is -1.64. The zero-order chi connectivity index (χ0) is 10.7. The number of ether oxygens (including phenoxy) is 1. The second-order valence-corrected chi connectivity index (χ2v) is 3.05. The van der Waals surface area contributed by atoms with Gasteiger partial charge in [-0.25, -0.2) is 0 Å². The Morgan fingerprint density at radius 1 is 1.43 bits per heavy atom. The van der Waals surface area contributed by atoms with Crippen LogP contribution in [0.1, 0.15) is 33.2 Å². The van der Waals surface area contributed by atoms with Crippen LogP contribution in [0.25, 0.3) is 0 Å². The molecule has 0 amide bonds. The first kappa shape index (κ1) is 10.4. The third kappa shape index (κ3) is 1.66. The molecule has 14 heavy (non-hydrogen) atoms. The van der Waals surface area contributed by atoms with E-state index in [2.05, 4.69) is 0 Å². The van der Waals surface area contributed by atoms with E-state index in [0.29, 0.717) is 23.2 Å². The predicted molar refractivity (Wildman–Crippen MR) is 53.1 cm³/mol. The van der Waals surface area contributed by atoms with Crippen molar-refractivity contribution in [1.82, 2.24) is 0 Å². The number of carbonyl (C=O) groups is 2. The first-order chi connectivity index (χ1) is 6.61. The number of carbonyl (C=O) groups excluding carboxylic acids is 2. The molecule has 1 aromatic rings. The van der Waals surface area contributed by atoms with Crippen LogP contribution >= 0.6 is 0 Å². The Morgan fingerprint density at radius 3 is 2.50 bits per heavy atom. The molecule has 0 aromatic heterocycles. The molecule has 74 valence electrons. The molecule has 0 aliphatic rings. The Morgan fingerprint density at radius 2 is 2.07 bits per heavy atom. The molecule has 0 atom stereocenters. The molecule has 0 aliphatic carbocycles. The number of benzene rings is 1. The number of hydrogen-bond donors (Lipinski definition) is 0. The van der Waals surface area contributed by atoms with Gasteiger partial charge in [0.25, 0.3) is 0 Å². The van der Waals surface area contributed by atoms with Crippen LogP contribution in [-0.4, -0.2) is 19.2 Å². The van der Waals surface area contributed by atoms with Gasteiger partial charge >= 0.3 is 0 Å². The van der Waals surface area contributed by atoms with E-state index in [1.165, 1.54) is 14.0 Å². The maximum atomic E-state index is 11.2. The zero-order valence-electron chi connectivity index (χ0n) is 8.46. The number of rotatable bonds is 3. The van der Waals surface area contributed by atoms with Gasteiger partial charge in [-0.15, -0.1) is 0 Å². The minimum Gasteiger partial charge on any atom is -0.496 e. The maximum Gasteiger partial charge on any atom is 0.160 e. The summed E-state index contributed by atoms with van der Waals surface area (Å²) < 4.78 is 5.07. The Balaban J connectivity index is 3.48. The molecule has 0 saturated heterocycles. The summed E-state index contributed by atoms with van der Waals surface area (Å²) in [6.45, 7) is 3.26. The maximum absolute atomic E-state index is 11.2. The van der Waals surface area contributed by atoms with Gasteiger partial charge in [0.2, 0.25) is 0 Å². The van der Waals surface area contributed by atoms with Crippen LogP contribution in [0.4, 0.5) is 0 Å². The van der Waals surface area contributed by atoms with Gasteiger partial charge < -0.3 is 4.74 Å². The minimum atomic E-state index is -0.134. The van der Waals surface area contributed by atoms with Gasteiger partial charge in [-0.05, 0) is 19.4 Å².